The van der Waals surface area contributed by atoms with Crippen molar-refractivity contribution in [2.24, 2.45) is 0 Å². The highest BCUT2D eigenvalue weighted by molar-refractivity contribution is 5.94. The summed E-state index contributed by atoms with van der Waals surface area (Å²) in [6.45, 7) is 4.04. The molecule has 0 saturated heterocycles. The van der Waals surface area contributed by atoms with Crippen molar-refractivity contribution in [1.29, 1.82) is 0 Å². The van der Waals surface area contributed by atoms with Gasteiger partial charge < -0.3 is 15.5 Å². The number of aromatic hydroxyl groups is 2. The van der Waals surface area contributed by atoms with Gasteiger partial charge in [-0.15, -0.1) is 6.58 Å². The van der Waals surface area contributed by atoms with Gasteiger partial charge >= 0.3 is 0 Å². The molecule has 0 unspecified atom stereocenters. The second-order valence-electron chi connectivity index (χ2n) is 3.04. The Morgan fingerprint density at radius 2 is 2.13 bits per heavy atom. The summed E-state index contributed by atoms with van der Waals surface area (Å²) >= 11 is 0. The molecular weight excluding hydrogens is 194 g/mol. The first-order chi connectivity index (χ1) is 7.15. The van der Waals surface area contributed by atoms with Crippen molar-refractivity contribution in [2.75, 3.05) is 6.54 Å². The van der Waals surface area contributed by atoms with Crippen molar-refractivity contribution in [2.45, 2.75) is 6.42 Å². The molecule has 0 saturated carbocycles. The third kappa shape index (κ3) is 3.02. The molecule has 0 fully saturated rings. The predicted molar refractivity (Wildman–Crippen MR) is 56.9 cm³/mol. The zero-order chi connectivity index (χ0) is 11.3. The Labute approximate surface area is 87.9 Å². The van der Waals surface area contributed by atoms with Crippen LogP contribution in [0, 0.1) is 0 Å². The summed E-state index contributed by atoms with van der Waals surface area (Å²) in [5.74, 6) is -0.823. The second-order valence-corrected chi connectivity index (χ2v) is 3.04. The number of benzene rings is 1. The fourth-order valence-electron chi connectivity index (χ4n) is 1.05. The van der Waals surface area contributed by atoms with Crippen molar-refractivity contribution in [1.82, 2.24) is 5.32 Å². The number of hydrogen-bond donors (Lipinski definition) is 3. The van der Waals surface area contributed by atoms with Crippen molar-refractivity contribution >= 4 is 5.91 Å². The third-order valence-electron chi connectivity index (χ3n) is 1.87. The summed E-state index contributed by atoms with van der Waals surface area (Å²) in [5, 5.41) is 20.9. The summed E-state index contributed by atoms with van der Waals surface area (Å²) in [7, 11) is 0. The molecule has 0 aliphatic rings. The Bertz CT molecular complexity index is 374. The average Bonchev–Trinajstić information content (AvgIpc) is 2.22. The van der Waals surface area contributed by atoms with Gasteiger partial charge in [0.15, 0.2) is 11.5 Å². The van der Waals surface area contributed by atoms with Crippen LogP contribution in [-0.2, 0) is 0 Å². The molecule has 0 heterocycles. The van der Waals surface area contributed by atoms with Crippen molar-refractivity contribution < 1.29 is 15.0 Å². The quantitative estimate of drug-likeness (QED) is 0.397. The molecule has 0 atom stereocenters. The van der Waals surface area contributed by atoms with E-state index in [-0.39, 0.29) is 17.4 Å². The molecule has 15 heavy (non-hydrogen) atoms. The molecule has 3 N–H and O–H groups in total. The fourth-order valence-corrected chi connectivity index (χ4v) is 1.05. The lowest BCUT2D eigenvalue weighted by Gasteiger charge is -2.04. The first-order valence-corrected chi connectivity index (χ1v) is 4.56. The summed E-state index contributed by atoms with van der Waals surface area (Å²) in [6, 6.07) is 3.94. The molecule has 4 nitrogen and oxygen atoms in total. The molecule has 4 heteroatoms. The van der Waals surface area contributed by atoms with Gasteiger partial charge in [0.2, 0.25) is 0 Å². The highest BCUT2D eigenvalue weighted by Gasteiger charge is 2.07. The number of phenols is 2. The SMILES string of the molecule is C=CCCNC(=O)c1ccc(O)c(O)c1. The van der Waals surface area contributed by atoms with Crippen LogP contribution in [0.4, 0.5) is 0 Å². The number of amides is 1. The van der Waals surface area contributed by atoms with Gasteiger partial charge in [-0.25, -0.2) is 0 Å². The van der Waals surface area contributed by atoms with Gasteiger partial charge in [-0.2, -0.15) is 0 Å². The molecule has 1 amide bonds. The maximum atomic E-state index is 11.4. The van der Waals surface area contributed by atoms with Crippen LogP contribution in [0.2, 0.25) is 0 Å². The first kappa shape index (κ1) is 11.1. The van der Waals surface area contributed by atoms with Crippen LogP contribution in [0.25, 0.3) is 0 Å². The number of carbonyl (C=O) groups excluding carboxylic acids is 1. The van der Waals surface area contributed by atoms with E-state index in [4.69, 9.17) is 5.11 Å². The van der Waals surface area contributed by atoms with E-state index < -0.39 is 0 Å². The topological polar surface area (TPSA) is 69.6 Å². The van der Waals surface area contributed by atoms with Crippen molar-refractivity contribution in [3.05, 3.63) is 36.4 Å². The monoisotopic (exact) mass is 207 g/mol. The molecule has 0 aliphatic heterocycles. The first-order valence-electron chi connectivity index (χ1n) is 4.56. The molecule has 0 spiro atoms. The van der Waals surface area contributed by atoms with E-state index in [0.717, 1.165) is 0 Å². The van der Waals surface area contributed by atoms with Crippen LogP contribution in [0.1, 0.15) is 16.8 Å². The van der Waals surface area contributed by atoms with E-state index in [9.17, 15) is 9.90 Å². The lowest BCUT2D eigenvalue weighted by Crippen LogP contribution is -2.23. The van der Waals surface area contributed by atoms with E-state index in [2.05, 4.69) is 11.9 Å². The van der Waals surface area contributed by atoms with Crippen LogP contribution in [0.5, 0.6) is 11.5 Å². The largest absolute Gasteiger partial charge is 0.504 e. The van der Waals surface area contributed by atoms with E-state index in [1.54, 1.807) is 6.08 Å². The van der Waals surface area contributed by atoms with Gasteiger partial charge in [0, 0.05) is 12.1 Å². The molecule has 1 aromatic rings. The van der Waals surface area contributed by atoms with Crippen LogP contribution in [0.15, 0.2) is 30.9 Å². The number of hydrogen-bond acceptors (Lipinski definition) is 3. The summed E-state index contributed by atoms with van der Waals surface area (Å²) in [6.07, 6.45) is 2.39. The maximum Gasteiger partial charge on any atom is 0.251 e. The molecule has 1 rings (SSSR count). The zero-order valence-electron chi connectivity index (χ0n) is 8.23. The van der Waals surface area contributed by atoms with Crippen LogP contribution in [-0.4, -0.2) is 22.7 Å². The molecular formula is C11H13NO3. The lowest BCUT2D eigenvalue weighted by atomic mass is 10.2. The van der Waals surface area contributed by atoms with Crippen LogP contribution < -0.4 is 5.32 Å². The molecule has 80 valence electrons. The highest BCUT2D eigenvalue weighted by atomic mass is 16.3. The predicted octanol–water partition coefficient (Wildman–Crippen LogP) is 1.40. The molecule has 0 bridgehead atoms. The van der Waals surface area contributed by atoms with Gasteiger partial charge in [0.25, 0.3) is 5.91 Å². The summed E-state index contributed by atoms with van der Waals surface area (Å²) in [4.78, 5) is 11.4. The van der Waals surface area contributed by atoms with E-state index >= 15 is 0 Å². The minimum atomic E-state index is -0.300. The van der Waals surface area contributed by atoms with E-state index in [0.29, 0.717) is 18.5 Å². The van der Waals surface area contributed by atoms with Crippen molar-refractivity contribution in [3.8, 4) is 11.5 Å². The highest BCUT2D eigenvalue weighted by Crippen LogP contribution is 2.24. The number of phenolic OH excluding ortho intramolecular Hbond substituents is 2. The molecule has 0 aliphatic carbocycles. The maximum absolute atomic E-state index is 11.4. The normalized spacial score (nSPS) is 9.60. The number of nitrogens with one attached hydrogen (secondary N) is 1. The zero-order valence-corrected chi connectivity index (χ0v) is 8.23. The Morgan fingerprint density at radius 3 is 2.73 bits per heavy atom. The second kappa shape index (κ2) is 5.05. The minimum absolute atomic E-state index is 0.238. The lowest BCUT2D eigenvalue weighted by molar-refractivity contribution is 0.0954. The number of rotatable bonds is 4. The minimum Gasteiger partial charge on any atom is -0.504 e. The molecule has 0 aromatic heterocycles. The number of carbonyl (C=O) groups is 1. The Kier molecular flexibility index (Phi) is 3.74. The molecule has 1 aromatic carbocycles. The van der Waals surface area contributed by atoms with Crippen molar-refractivity contribution in [3.63, 3.8) is 0 Å². The average molecular weight is 207 g/mol. The van der Waals surface area contributed by atoms with E-state index in [1.807, 2.05) is 0 Å². The summed E-state index contributed by atoms with van der Waals surface area (Å²) < 4.78 is 0. The van der Waals surface area contributed by atoms with Gasteiger partial charge in [0.1, 0.15) is 0 Å². The van der Waals surface area contributed by atoms with Gasteiger partial charge in [-0.3, -0.25) is 4.79 Å². The fraction of sp³-hybridized carbons (Fsp3) is 0.182. The smallest absolute Gasteiger partial charge is 0.251 e. The third-order valence-corrected chi connectivity index (χ3v) is 1.87. The Hall–Kier alpha value is -1.97. The van der Waals surface area contributed by atoms with Crippen LogP contribution in [0.3, 0.4) is 0 Å². The van der Waals surface area contributed by atoms with Gasteiger partial charge in [-0.05, 0) is 24.6 Å². The Balaban J connectivity index is 2.65. The van der Waals surface area contributed by atoms with Crippen LogP contribution >= 0.6 is 0 Å². The molecule has 0 radical (unpaired) electrons. The van der Waals surface area contributed by atoms with Gasteiger partial charge in [-0.1, -0.05) is 6.08 Å². The standard InChI is InChI=1S/C11H13NO3/c1-2-3-6-12-11(15)8-4-5-9(13)10(14)7-8/h2,4-5,7,13-14H,1,3,6H2,(H,12,15). The summed E-state index contributed by atoms with van der Waals surface area (Å²) in [5.41, 5.74) is 0.314. The van der Waals surface area contributed by atoms with Gasteiger partial charge in [0.05, 0.1) is 0 Å². The Morgan fingerprint density at radius 1 is 1.40 bits per heavy atom. The van der Waals surface area contributed by atoms with E-state index in [1.165, 1.54) is 18.2 Å².